The summed E-state index contributed by atoms with van der Waals surface area (Å²) in [5, 5.41) is 0. The topological polar surface area (TPSA) is 17.1 Å². The third kappa shape index (κ3) is 3.96. The molecule has 0 radical (unpaired) electrons. The number of Topliss-reactive ketones (excluding diaryl/α,β-unsaturated/α-hetero) is 1. The Kier molecular flexibility index (Phi) is 4.43. The highest BCUT2D eigenvalue weighted by Crippen LogP contribution is 2.16. The standard InChI is InChI=1S/C15H11BrF2O/c16-12-5-4-11(15(18)9-12)8-14(19)7-10-2-1-3-13(17)6-10/h1-6,9H,7-8H2. The highest BCUT2D eigenvalue weighted by Gasteiger charge is 2.10. The first kappa shape index (κ1) is 13.9. The fourth-order valence-corrected chi connectivity index (χ4v) is 2.15. The molecule has 0 aliphatic heterocycles. The van der Waals surface area contributed by atoms with Gasteiger partial charge in [0.2, 0.25) is 0 Å². The summed E-state index contributed by atoms with van der Waals surface area (Å²) in [6, 6.07) is 10.5. The predicted octanol–water partition coefficient (Wildman–Crippen LogP) is 4.08. The van der Waals surface area contributed by atoms with Crippen LogP contribution in [-0.4, -0.2) is 5.78 Å². The Hall–Kier alpha value is -1.55. The summed E-state index contributed by atoms with van der Waals surface area (Å²) in [5.41, 5.74) is 0.951. The molecule has 0 amide bonds. The molecule has 0 saturated carbocycles. The molecule has 0 N–H and O–H groups in total. The Bertz CT molecular complexity index is 611. The van der Waals surface area contributed by atoms with Crippen molar-refractivity contribution in [1.82, 2.24) is 0 Å². The maximum absolute atomic E-state index is 13.6. The number of hydrogen-bond acceptors (Lipinski definition) is 1. The van der Waals surface area contributed by atoms with E-state index in [-0.39, 0.29) is 24.4 Å². The molecular formula is C15H11BrF2O. The Morgan fingerprint density at radius 3 is 2.53 bits per heavy atom. The molecule has 0 unspecified atom stereocenters. The van der Waals surface area contributed by atoms with Gasteiger partial charge < -0.3 is 0 Å². The van der Waals surface area contributed by atoms with E-state index >= 15 is 0 Å². The van der Waals surface area contributed by atoms with Crippen molar-refractivity contribution in [2.75, 3.05) is 0 Å². The number of rotatable bonds is 4. The average molecular weight is 325 g/mol. The number of benzene rings is 2. The lowest BCUT2D eigenvalue weighted by atomic mass is 10.0. The molecule has 2 rings (SSSR count). The van der Waals surface area contributed by atoms with Crippen molar-refractivity contribution < 1.29 is 13.6 Å². The van der Waals surface area contributed by atoms with Crippen molar-refractivity contribution in [2.45, 2.75) is 12.8 Å². The highest BCUT2D eigenvalue weighted by atomic mass is 79.9. The Balaban J connectivity index is 2.05. The minimum absolute atomic E-state index is 0.00955. The van der Waals surface area contributed by atoms with Crippen molar-refractivity contribution >= 4 is 21.7 Å². The van der Waals surface area contributed by atoms with Crippen LogP contribution in [-0.2, 0) is 17.6 Å². The molecule has 19 heavy (non-hydrogen) atoms. The van der Waals surface area contributed by atoms with Gasteiger partial charge in [0.15, 0.2) is 0 Å². The normalized spacial score (nSPS) is 10.5. The summed E-state index contributed by atoms with van der Waals surface area (Å²) in [5.74, 6) is -0.936. The summed E-state index contributed by atoms with van der Waals surface area (Å²) >= 11 is 3.16. The number of halogens is 3. The lowest BCUT2D eigenvalue weighted by Gasteiger charge is -2.04. The van der Waals surface area contributed by atoms with Crippen molar-refractivity contribution in [2.24, 2.45) is 0 Å². The van der Waals surface area contributed by atoms with Gasteiger partial charge in [-0.25, -0.2) is 8.78 Å². The first-order valence-corrected chi connectivity index (χ1v) is 6.54. The van der Waals surface area contributed by atoms with Gasteiger partial charge >= 0.3 is 0 Å². The van der Waals surface area contributed by atoms with Gasteiger partial charge in [0.25, 0.3) is 0 Å². The molecule has 0 atom stereocenters. The minimum Gasteiger partial charge on any atom is -0.299 e. The van der Waals surface area contributed by atoms with E-state index in [1.807, 2.05) is 0 Å². The van der Waals surface area contributed by atoms with Crippen LogP contribution < -0.4 is 0 Å². The van der Waals surface area contributed by atoms with Gasteiger partial charge in [0.1, 0.15) is 17.4 Å². The van der Waals surface area contributed by atoms with E-state index in [1.54, 1.807) is 24.3 Å². The second kappa shape index (κ2) is 6.06. The zero-order valence-electron chi connectivity index (χ0n) is 10.00. The van der Waals surface area contributed by atoms with E-state index in [2.05, 4.69) is 15.9 Å². The molecule has 0 heterocycles. The van der Waals surface area contributed by atoms with Crippen molar-refractivity contribution in [3.05, 3.63) is 69.7 Å². The highest BCUT2D eigenvalue weighted by molar-refractivity contribution is 9.10. The maximum atomic E-state index is 13.6. The zero-order valence-corrected chi connectivity index (χ0v) is 11.6. The summed E-state index contributed by atoms with van der Waals surface area (Å²) < 4.78 is 27.2. The number of hydrogen-bond donors (Lipinski definition) is 0. The summed E-state index contributed by atoms with van der Waals surface area (Å²) in [6.45, 7) is 0. The van der Waals surface area contributed by atoms with Crippen LogP contribution >= 0.6 is 15.9 Å². The van der Waals surface area contributed by atoms with Gasteiger partial charge in [-0.15, -0.1) is 0 Å². The molecule has 0 saturated heterocycles. The molecule has 0 aliphatic carbocycles. The van der Waals surface area contributed by atoms with Crippen LogP contribution in [0.4, 0.5) is 8.78 Å². The molecular weight excluding hydrogens is 314 g/mol. The summed E-state index contributed by atoms with van der Waals surface area (Å²) in [7, 11) is 0. The van der Waals surface area contributed by atoms with Gasteiger partial charge in [0.05, 0.1) is 0 Å². The monoisotopic (exact) mass is 324 g/mol. The van der Waals surface area contributed by atoms with Crippen molar-refractivity contribution in [3.63, 3.8) is 0 Å². The van der Waals surface area contributed by atoms with Crippen LogP contribution in [0.2, 0.25) is 0 Å². The van der Waals surface area contributed by atoms with Crippen LogP contribution in [0.1, 0.15) is 11.1 Å². The Labute approximate surface area is 118 Å². The van der Waals surface area contributed by atoms with E-state index in [0.29, 0.717) is 15.6 Å². The fraction of sp³-hybridized carbons (Fsp3) is 0.133. The van der Waals surface area contributed by atoms with Gasteiger partial charge in [-0.1, -0.05) is 34.1 Å². The van der Waals surface area contributed by atoms with Gasteiger partial charge in [0, 0.05) is 17.3 Å². The third-order valence-electron chi connectivity index (χ3n) is 2.69. The van der Waals surface area contributed by atoms with Crippen molar-refractivity contribution in [1.29, 1.82) is 0 Å². The predicted molar refractivity (Wildman–Crippen MR) is 72.9 cm³/mol. The smallest absolute Gasteiger partial charge is 0.141 e. The van der Waals surface area contributed by atoms with E-state index < -0.39 is 5.82 Å². The lowest BCUT2D eigenvalue weighted by Crippen LogP contribution is -2.08. The molecule has 0 fully saturated rings. The number of ketones is 1. The average Bonchev–Trinajstić information content (AvgIpc) is 2.33. The van der Waals surface area contributed by atoms with Crippen LogP contribution in [0, 0.1) is 11.6 Å². The molecule has 4 heteroatoms. The minimum atomic E-state index is -0.415. The molecule has 0 aromatic heterocycles. The first-order valence-electron chi connectivity index (χ1n) is 5.74. The van der Waals surface area contributed by atoms with Gasteiger partial charge in [-0.3, -0.25) is 4.79 Å². The molecule has 98 valence electrons. The Morgan fingerprint density at radius 1 is 1.05 bits per heavy atom. The molecule has 1 nitrogen and oxygen atoms in total. The van der Waals surface area contributed by atoms with Crippen molar-refractivity contribution in [3.8, 4) is 0 Å². The Morgan fingerprint density at radius 2 is 1.84 bits per heavy atom. The quantitative estimate of drug-likeness (QED) is 0.828. The van der Waals surface area contributed by atoms with E-state index in [4.69, 9.17) is 0 Å². The molecule has 0 spiro atoms. The molecule has 2 aromatic rings. The summed E-state index contributed by atoms with van der Waals surface area (Å²) in [4.78, 5) is 11.8. The van der Waals surface area contributed by atoms with E-state index in [0.717, 1.165) is 0 Å². The zero-order chi connectivity index (χ0) is 13.8. The SMILES string of the molecule is O=C(Cc1cccc(F)c1)Cc1ccc(Br)cc1F. The second-order valence-electron chi connectivity index (χ2n) is 4.26. The first-order chi connectivity index (χ1) is 9.04. The third-order valence-corrected chi connectivity index (χ3v) is 3.19. The second-order valence-corrected chi connectivity index (χ2v) is 5.17. The maximum Gasteiger partial charge on any atom is 0.141 e. The largest absolute Gasteiger partial charge is 0.299 e. The van der Waals surface area contributed by atoms with Crippen LogP contribution in [0.25, 0.3) is 0 Å². The van der Waals surface area contributed by atoms with Gasteiger partial charge in [-0.2, -0.15) is 0 Å². The summed E-state index contributed by atoms with van der Waals surface area (Å²) in [6.07, 6.45) is 0.114. The molecule has 0 aliphatic rings. The van der Waals surface area contributed by atoms with E-state index in [9.17, 15) is 13.6 Å². The van der Waals surface area contributed by atoms with Crippen LogP contribution in [0.3, 0.4) is 0 Å². The van der Waals surface area contributed by atoms with Gasteiger partial charge in [-0.05, 0) is 35.4 Å². The molecule has 0 bridgehead atoms. The van der Waals surface area contributed by atoms with E-state index in [1.165, 1.54) is 18.2 Å². The van der Waals surface area contributed by atoms with Crippen LogP contribution in [0.5, 0.6) is 0 Å². The fourth-order valence-electron chi connectivity index (χ4n) is 1.81. The number of carbonyl (C=O) groups is 1. The number of carbonyl (C=O) groups excluding carboxylic acids is 1. The van der Waals surface area contributed by atoms with Crippen LogP contribution in [0.15, 0.2) is 46.9 Å². The lowest BCUT2D eigenvalue weighted by molar-refractivity contribution is -0.117. The molecule has 2 aromatic carbocycles.